The van der Waals surface area contributed by atoms with E-state index in [0.717, 1.165) is 18.7 Å². The number of methoxy groups -OCH3 is 1. The predicted molar refractivity (Wildman–Crippen MR) is 128 cm³/mol. The highest BCUT2D eigenvalue weighted by Crippen LogP contribution is 2.34. The number of ether oxygens (including phenoxy) is 2. The first-order chi connectivity index (χ1) is 19.1. The Morgan fingerprint density at radius 1 is 1.27 bits per heavy atom. The minimum absolute atomic E-state index is 0.0700. The molecule has 0 aromatic carbocycles. The lowest BCUT2D eigenvalue weighted by Gasteiger charge is -2.38. The molecule has 3 aromatic heterocycles. The molecule has 2 N–H and O–H groups in total. The number of imidazole rings is 1. The summed E-state index contributed by atoms with van der Waals surface area (Å²) in [5.41, 5.74) is -2.07. The Morgan fingerprint density at radius 2 is 2.00 bits per heavy atom. The monoisotopic (exact) mass is 590 g/mol. The number of carbonyl (C=O) groups excluding carboxylic acids is 2. The van der Waals surface area contributed by atoms with Crippen LogP contribution < -0.4 is 10.6 Å². The molecule has 224 valence electrons. The molecule has 0 spiro atoms. The van der Waals surface area contributed by atoms with Gasteiger partial charge < -0.3 is 25.0 Å². The number of fused-ring (bicyclic) bond motifs is 1. The van der Waals surface area contributed by atoms with Crippen molar-refractivity contribution in [2.75, 3.05) is 33.4 Å². The molecule has 0 aliphatic carbocycles. The quantitative estimate of drug-likeness (QED) is 0.340. The molecule has 0 radical (unpaired) electrons. The third-order valence-corrected chi connectivity index (χ3v) is 6.43. The molecular weight excluding hydrogens is 563 g/mol. The summed E-state index contributed by atoms with van der Waals surface area (Å²) < 4.78 is 84.6. The average molecular weight is 591 g/mol. The Balaban J connectivity index is 1.66. The Morgan fingerprint density at radius 3 is 2.63 bits per heavy atom. The van der Waals surface area contributed by atoms with Crippen LogP contribution in [0.3, 0.4) is 0 Å². The van der Waals surface area contributed by atoms with E-state index < -0.39 is 61.4 Å². The van der Waals surface area contributed by atoms with Crippen molar-refractivity contribution in [3.05, 3.63) is 41.1 Å². The second-order valence-corrected chi connectivity index (χ2v) is 9.91. The van der Waals surface area contributed by atoms with E-state index in [-0.39, 0.29) is 29.3 Å². The van der Waals surface area contributed by atoms with Crippen LogP contribution in [-0.4, -0.2) is 92.9 Å². The second-order valence-electron chi connectivity index (χ2n) is 9.91. The van der Waals surface area contributed by atoms with E-state index in [2.05, 4.69) is 35.7 Å². The predicted octanol–water partition coefficient (Wildman–Crippen LogP) is 2.60. The summed E-state index contributed by atoms with van der Waals surface area (Å²) >= 11 is 0. The fourth-order valence-electron chi connectivity index (χ4n) is 3.96. The zero-order valence-electron chi connectivity index (χ0n) is 22.3. The summed E-state index contributed by atoms with van der Waals surface area (Å²) in [6.07, 6.45) is -2.03. The third-order valence-electron chi connectivity index (χ3n) is 6.43. The lowest BCUT2D eigenvalue weighted by molar-refractivity contribution is -0.265. The zero-order valence-corrected chi connectivity index (χ0v) is 22.3. The fourth-order valence-corrected chi connectivity index (χ4v) is 3.96. The Bertz CT molecular complexity index is 1410. The lowest BCUT2D eigenvalue weighted by atomic mass is 10.1. The van der Waals surface area contributed by atoms with Crippen molar-refractivity contribution >= 4 is 17.6 Å². The fraction of sp³-hybridized carbons (Fsp3) is 0.565. The number of nitrogens with one attached hydrogen (secondary N) is 2. The van der Waals surface area contributed by atoms with Gasteiger partial charge in [0.05, 0.1) is 56.5 Å². The van der Waals surface area contributed by atoms with E-state index in [1.165, 1.54) is 37.0 Å². The van der Waals surface area contributed by atoms with Gasteiger partial charge in [0, 0.05) is 12.7 Å². The summed E-state index contributed by atoms with van der Waals surface area (Å²) in [7, 11) is 1.34. The van der Waals surface area contributed by atoms with Crippen LogP contribution in [0.5, 0.6) is 0 Å². The largest absolute Gasteiger partial charge is 0.416 e. The average Bonchev–Trinajstić information content (AvgIpc) is 3.51. The number of urea groups is 1. The number of aryl methyl sites for hydroxylation is 1. The van der Waals surface area contributed by atoms with E-state index in [4.69, 9.17) is 9.47 Å². The van der Waals surface area contributed by atoms with E-state index in [9.17, 15) is 31.5 Å². The van der Waals surface area contributed by atoms with Gasteiger partial charge in [-0.05, 0) is 32.0 Å². The molecule has 1 saturated heterocycles. The minimum atomic E-state index is -4.71. The summed E-state index contributed by atoms with van der Waals surface area (Å²) in [6, 6.07) is -1.43. The van der Waals surface area contributed by atoms with Crippen LogP contribution in [0.4, 0.5) is 26.7 Å². The molecule has 1 aliphatic rings. The molecule has 13 nitrogen and oxygen atoms in total. The highest BCUT2D eigenvalue weighted by molar-refractivity contribution is 5.93. The third kappa shape index (κ3) is 6.53. The van der Waals surface area contributed by atoms with Crippen molar-refractivity contribution in [1.82, 2.24) is 40.4 Å². The molecule has 3 amide bonds. The number of alkyl halides is 5. The minimum Gasteiger partial charge on any atom is -0.382 e. The Labute approximate surface area is 229 Å². The van der Waals surface area contributed by atoms with Crippen molar-refractivity contribution < 1.29 is 45.6 Å². The number of hydrogen-bond donors (Lipinski definition) is 2. The molecule has 2 atom stereocenters. The molecular formula is C23H27F5N8O5. The van der Waals surface area contributed by atoms with Gasteiger partial charge in [-0.3, -0.25) is 4.79 Å². The molecule has 0 saturated carbocycles. The van der Waals surface area contributed by atoms with E-state index >= 15 is 0 Å². The zero-order chi connectivity index (χ0) is 30.2. The lowest BCUT2D eigenvalue weighted by Crippen LogP contribution is -2.58. The first-order valence-electron chi connectivity index (χ1n) is 12.2. The van der Waals surface area contributed by atoms with Crippen LogP contribution in [0.15, 0.2) is 23.1 Å². The van der Waals surface area contributed by atoms with Crippen LogP contribution in [0.1, 0.15) is 53.4 Å². The first-order valence-corrected chi connectivity index (χ1v) is 12.2. The molecule has 4 rings (SSSR count). The highest BCUT2D eigenvalue weighted by Gasteiger charge is 2.49. The van der Waals surface area contributed by atoms with Crippen molar-refractivity contribution in [3.63, 3.8) is 0 Å². The first kappa shape index (κ1) is 30.0. The molecule has 2 unspecified atom stereocenters. The van der Waals surface area contributed by atoms with Gasteiger partial charge in [-0.1, -0.05) is 5.16 Å². The second kappa shape index (κ2) is 11.2. The SMILES string of the molecule is COCC(c1cnn2cc(C(COC(C)(C)C(F)(F)F)NC(=O)c3nonc3C)nc2c1)N1CC(F)(F)CNC1=O. The van der Waals surface area contributed by atoms with E-state index in [1.54, 1.807) is 0 Å². The molecule has 0 bridgehead atoms. The molecule has 41 heavy (non-hydrogen) atoms. The van der Waals surface area contributed by atoms with Gasteiger partial charge >= 0.3 is 12.2 Å². The number of carbonyl (C=O) groups is 2. The van der Waals surface area contributed by atoms with E-state index in [0.29, 0.717) is 5.56 Å². The van der Waals surface area contributed by atoms with Crippen molar-refractivity contribution in [2.24, 2.45) is 0 Å². The van der Waals surface area contributed by atoms with Crippen LogP contribution in [-0.2, 0) is 9.47 Å². The number of rotatable bonds is 10. The maximum absolute atomic E-state index is 14.1. The van der Waals surface area contributed by atoms with Crippen LogP contribution in [0.25, 0.3) is 5.65 Å². The van der Waals surface area contributed by atoms with Gasteiger partial charge in [0.25, 0.3) is 11.8 Å². The van der Waals surface area contributed by atoms with E-state index in [1.807, 2.05) is 0 Å². The number of amides is 3. The van der Waals surface area contributed by atoms with Gasteiger partial charge in [0.2, 0.25) is 0 Å². The number of nitrogens with zero attached hydrogens (tertiary/aromatic N) is 6. The Hall–Kier alpha value is -3.93. The topological polar surface area (TPSA) is 149 Å². The number of aromatic nitrogens is 5. The standard InChI is InChI=1S/C23H27F5N8O5/c1-12-18(34-41-33-12)19(37)32-15(8-40-21(2,3)23(26,27)28)14-7-36-17(31-14)5-13(6-30-36)16(9-39-4)35-11-22(24,25)10-29-20(35)38/h5-7,15-16H,8-11H2,1-4H3,(H,29,38)(H,32,37). The normalized spacial score (nSPS) is 17.4. The summed E-state index contributed by atoms with van der Waals surface area (Å²) in [5.74, 6) is -3.98. The van der Waals surface area contributed by atoms with Crippen molar-refractivity contribution in [3.8, 4) is 0 Å². The molecule has 4 heterocycles. The van der Waals surface area contributed by atoms with Crippen LogP contribution >= 0.6 is 0 Å². The number of hydrogen-bond acceptors (Lipinski definition) is 9. The molecule has 3 aromatic rings. The molecule has 18 heteroatoms. The summed E-state index contributed by atoms with van der Waals surface area (Å²) in [5, 5.41) is 15.9. The maximum Gasteiger partial charge on any atom is 0.416 e. The summed E-state index contributed by atoms with van der Waals surface area (Å²) in [4.78, 5) is 30.5. The van der Waals surface area contributed by atoms with Gasteiger partial charge in [-0.25, -0.2) is 27.7 Å². The van der Waals surface area contributed by atoms with Crippen LogP contribution in [0.2, 0.25) is 0 Å². The van der Waals surface area contributed by atoms with Gasteiger partial charge in [0.1, 0.15) is 5.69 Å². The molecule has 1 aliphatic heterocycles. The smallest absolute Gasteiger partial charge is 0.382 e. The summed E-state index contributed by atoms with van der Waals surface area (Å²) in [6.45, 7) is 0.695. The molecule has 1 fully saturated rings. The van der Waals surface area contributed by atoms with Gasteiger partial charge in [0.15, 0.2) is 16.9 Å². The highest BCUT2D eigenvalue weighted by atomic mass is 19.4. The van der Waals surface area contributed by atoms with Gasteiger partial charge in [-0.15, -0.1) is 0 Å². The maximum atomic E-state index is 14.1. The Kier molecular flexibility index (Phi) is 8.17. The van der Waals surface area contributed by atoms with Crippen molar-refractivity contribution in [2.45, 2.75) is 50.6 Å². The van der Waals surface area contributed by atoms with Gasteiger partial charge in [-0.2, -0.15) is 18.3 Å². The number of halogens is 5. The van der Waals surface area contributed by atoms with Crippen molar-refractivity contribution in [1.29, 1.82) is 0 Å². The van der Waals surface area contributed by atoms with Crippen LogP contribution in [0, 0.1) is 6.92 Å².